The lowest BCUT2D eigenvalue weighted by Crippen LogP contribution is -1.93. The maximum absolute atomic E-state index is 5.75. The Morgan fingerprint density at radius 1 is 0.667 bits per heavy atom. The summed E-state index contributed by atoms with van der Waals surface area (Å²) in [4.78, 5) is 9.15. The second kappa shape index (κ2) is 18.3. The fourth-order valence-corrected chi connectivity index (χ4v) is 4.02. The summed E-state index contributed by atoms with van der Waals surface area (Å²) in [6, 6.07) is 8.04. The molecule has 0 aliphatic heterocycles. The molecule has 0 aliphatic rings. The molecule has 0 aliphatic carbocycles. The average Bonchev–Trinajstić information content (AvgIpc) is 2.85. The molecule has 1 heterocycles. The number of allylic oxidation sites excluding steroid dienone is 1. The van der Waals surface area contributed by atoms with E-state index >= 15 is 0 Å². The topological polar surface area (TPSA) is 35.0 Å². The van der Waals surface area contributed by atoms with Gasteiger partial charge in [-0.05, 0) is 61.6 Å². The molecule has 1 aromatic heterocycles. The van der Waals surface area contributed by atoms with Crippen molar-refractivity contribution in [3.63, 3.8) is 0 Å². The Kier molecular flexibility index (Phi) is 15.0. The molecular formula is C30H46N2O. The summed E-state index contributed by atoms with van der Waals surface area (Å²) >= 11 is 0. The highest BCUT2D eigenvalue weighted by atomic mass is 16.5. The smallest absolute Gasteiger partial charge is 0.159 e. The summed E-state index contributed by atoms with van der Waals surface area (Å²) in [6.07, 6.45) is 28.8. The molecule has 0 radical (unpaired) electrons. The van der Waals surface area contributed by atoms with Crippen LogP contribution in [-0.4, -0.2) is 9.97 Å². The molecule has 0 spiro atoms. The number of aryl methyl sites for hydroxylation is 1. The number of unbranched alkanes of at least 4 members (excludes halogenated alkanes) is 13. The molecule has 2 aromatic rings. The van der Waals surface area contributed by atoms with E-state index in [9.17, 15) is 0 Å². The second-order valence-corrected chi connectivity index (χ2v) is 9.21. The summed E-state index contributed by atoms with van der Waals surface area (Å²) in [7, 11) is 0. The fourth-order valence-electron chi connectivity index (χ4n) is 4.02. The minimum atomic E-state index is 0.776. The first-order chi connectivity index (χ1) is 16.3. The van der Waals surface area contributed by atoms with E-state index < -0.39 is 0 Å². The van der Waals surface area contributed by atoms with Crippen molar-refractivity contribution >= 4 is 0 Å². The quantitative estimate of drug-likeness (QED) is 0.158. The first kappa shape index (κ1) is 27.1. The van der Waals surface area contributed by atoms with E-state index in [-0.39, 0.29) is 0 Å². The third kappa shape index (κ3) is 12.6. The van der Waals surface area contributed by atoms with Gasteiger partial charge in [0.2, 0.25) is 0 Å². The van der Waals surface area contributed by atoms with Crippen LogP contribution in [0, 0.1) is 0 Å². The Hall–Kier alpha value is -2.16. The summed E-state index contributed by atoms with van der Waals surface area (Å²) < 4.78 is 5.75. The first-order valence-corrected chi connectivity index (χ1v) is 13.6. The zero-order valence-corrected chi connectivity index (χ0v) is 21.2. The first-order valence-electron chi connectivity index (χ1n) is 13.6. The second-order valence-electron chi connectivity index (χ2n) is 9.21. The number of aromatic nitrogens is 2. The van der Waals surface area contributed by atoms with Gasteiger partial charge in [0.15, 0.2) is 5.82 Å². The highest BCUT2D eigenvalue weighted by Crippen LogP contribution is 2.20. The molecule has 0 saturated carbocycles. The molecule has 0 fully saturated rings. The van der Waals surface area contributed by atoms with Gasteiger partial charge in [0.05, 0.1) is 6.26 Å². The maximum atomic E-state index is 5.75. The van der Waals surface area contributed by atoms with Crippen molar-refractivity contribution in [1.29, 1.82) is 0 Å². The fraction of sp³-hybridized carbons (Fsp3) is 0.600. The summed E-state index contributed by atoms with van der Waals surface area (Å²) in [5.41, 5.74) is 2.26. The summed E-state index contributed by atoms with van der Waals surface area (Å²) in [6.45, 7) is 4.53. The lowest BCUT2D eigenvalue weighted by atomic mass is 10.1. The van der Waals surface area contributed by atoms with Crippen molar-refractivity contribution in [1.82, 2.24) is 9.97 Å². The van der Waals surface area contributed by atoms with Crippen LogP contribution in [0.15, 0.2) is 49.0 Å². The van der Waals surface area contributed by atoms with Crippen molar-refractivity contribution in [3.05, 3.63) is 54.6 Å². The Morgan fingerprint density at radius 2 is 1.21 bits per heavy atom. The van der Waals surface area contributed by atoms with Crippen molar-refractivity contribution in [2.75, 3.05) is 0 Å². The molecule has 33 heavy (non-hydrogen) atoms. The molecular weight excluding hydrogens is 404 g/mol. The van der Waals surface area contributed by atoms with E-state index in [1.165, 1.54) is 95.5 Å². The molecule has 182 valence electrons. The molecule has 0 amide bonds. The number of hydrogen-bond acceptors (Lipinski definition) is 3. The molecule has 0 bridgehead atoms. The van der Waals surface area contributed by atoms with Crippen LogP contribution in [0.25, 0.3) is 11.4 Å². The SMILES string of the molecule is CCCCCCCCCCC=COc1ccc(-c2ncc(CCCCCCCC)cn2)cc1. The molecule has 0 saturated heterocycles. The van der Waals surface area contributed by atoms with Gasteiger partial charge in [-0.1, -0.05) is 90.9 Å². The van der Waals surface area contributed by atoms with Gasteiger partial charge in [-0.3, -0.25) is 0 Å². The van der Waals surface area contributed by atoms with Crippen LogP contribution in [0.3, 0.4) is 0 Å². The number of benzene rings is 1. The van der Waals surface area contributed by atoms with Crippen molar-refractivity contribution in [3.8, 4) is 17.1 Å². The van der Waals surface area contributed by atoms with E-state index in [4.69, 9.17) is 4.74 Å². The summed E-state index contributed by atoms with van der Waals surface area (Å²) in [5, 5.41) is 0. The molecule has 0 atom stereocenters. The molecule has 1 aromatic carbocycles. The largest absolute Gasteiger partial charge is 0.465 e. The zero-order chi connectivity index (χ0) is 23.4. The molecule has 0 unspecified atom stereocenters. The van der Waals surface area contributed by atoms with Crippen LogP contribution < -0.4 is 4.74 Å². The van der Waals surface area contributed by atoms with Crippen molar-refractivity contribution in [2.45, 2.75) is 117 Å². The molecule has 3 heteroatoms. The Labute approximate surface area is 203 Å². The van der Waals surface area contributed by atoms with Crippen LogP contribution in [0.5, 0.6) is 5.75 Å². The normalized spacial score (nSPS) is 11.3. The lowest BCUT2D eigenvalue weighted by molar-refractivity contribution is 0.477. The highest BCUT2D eigenvalue weighted by molar-refractivity contribution is 5.55. The number of hydrogen-bond donors (Lipinski definition) is 0. The minimum Gasteiger partial charge on any atom is -0.465 e. The predicted octanol–water partition coefficient (Wildman–Crippen LogP) is 9.47. The van der Waals surface area contributed by atoms with Gasteiger partial charge in [-0.15, -0.1) is 0 Å². The van der Waals surface area contributed by atoms with Crippen LogP contribution in [0.4, 0.5) is 0 Å². The molecule has 2 rings (SSSR count). The Balaban J connectivity index is 1.61. The Bertz CT molecular complexity index is 737. The van der Waals surface area contributed by atoms with E-state index in [2.05, 4.69) is 29.9 Å². The van der Waals surface area contributed by atoms with Crippen molar-refractivity contribution < 1.29 is 4.74 Å². The van der Waals surface area contributed by atoms with Gasteiger partial charge in [-0.2, -0.15) is 0 Å². The lowest BCUT2D eigenvalue weighted by Gasteiger charge is -2.05. The van der Waals surface area contributed by atoms with E-state index in [0.717, 1.165) is 30.0 Å². The number of ether oxygens (including phenoxy) is 1. The van der Waals surface area contributed by atoms with Crippen LogP contribution in [0.2, 0.25) is 0 Å². The van der Waals surface area contributed by atoms with Gasteiger partial charge in [0.25, 0.3) is 0 Å². The van der Waals surface area contributed by atoms with Gasteiger partial charge in [0.1, 0.15) is 5.75 Å². The van der Waals surface area contributed by atoms with E-state index in [1.807, 2.05) is 42.9 Å². The number of nitrogens with zero attached hydrogens (tertiary/aromatic N) is 2. The van der Waals surface area contributed by atoms with Crippen LogP contribution in [-0.2, 0) is 6.42 Å². The van der Waals surface area contributed by atoms with Gasteiger partial charge in [-0.25, -0.2) is 9.97 Å². The van der Waals surface area contributed by atoms with E-state index in [0.29, 0.717) is 0 Å². The van der Waals surface area contributed by atoms with Crippen LogP contribution >= 0.6 is 0 Å². The predicted molar refractivity (Wildman–Crippen MR) is 142 cm³/mol. The monoisotopic (exact) mass is 450 g/mol. The zero-order valence-electron chi connectivity index (χ0n) is 21.2. The highest BCUT2D eigenvalue weighted by Gasteiger charge is 2.03. The molecule has 0 N–H and O–H groups in total. The van der Waals surface area contributed by atoms with Gasteiger partial charge < -0.3 is 4.74 Å². The number of rotatable bonds is 19. The standard InChI is InChI=1S/C30H46N2O/c1-3-5-7-9-11-12-13-14-16-18-24-33-29-22-20-28(21-23-29)30-31-25-27(26-32-30)19-17-15-10-8-6-4-2/h18,20-26H,3-17,19H2,1-2H3. The third-order valence-corrected chi connectivity index (χ3v) is 6.16. The molecule has 3 nitrogen and oxygen atoms in total. The average molecular weight is 451 g/mol. The van der Waals surface area contributed by atoms with Crippen molar-refractivity contribution in [2.24, 2.45) is 0 Å². The van der Waals surface area contributed by atoms with Gasteiger partial charge in [0, 0.05) is 18.0 Å². The minimum absolute atomic E-state index is 0.776. The third-order valence-electron chi connectivity index (χ3n) is 6.16. The van der Waals surface area contributed by atoms with Gasteiger partial charge >= 0.3 is 0 Å². The summed E-state index contributed by atoms with van der Waals surface area (Å²) in [5.74, 6) is 1.63. The van der Waals surface area contributed by atoms with E-state index in [1.54, 1.807) is 0 Å². The van der Waals surface area contributed by atoms with Crippen LogP contribution in [0.1, 0.15) is 116 Å². The maximum Gasteiger partial charge on any atom is 0.159 e. The Morgan fingerprint density at radius 3 is 1.82 bits per heavy atom.